The zero-order chi connectivity index (χ0) is 21.9. The molecule has 1 aromatic heterocycles. The Labute approximate surface area is 192 Å². The van der Waals surface area contributed by atoms with E-state index in [4.69, 9.17) is 17.0 Å². The number of halogens is 1. The fourth-order valence-corrected chi connectivity index (χ4v) is 4.23. The number of hydrogen-bond acceptors (Lipinski definition) is 5. The van der Waals surface area contributed by atoms with Crippen LogP contribution in [0.25, 0.3) is 0 Å². The predicted octanol–water partition coefficient (Wildman–Crippen LogP) is 2.60. The van der Waals surface area contributed by atoms with Crippen LogP contribution in [0.5, 0.6) is 0 Å². The first-order valence-electron chi connectivity index (χ1n) is 10.5. The lowest BCUT2D eigenvalue weighted by atomic mass is 10.2. The van der Waals surface area contributed by atoms with Crippen molar-refractivity contribution < 1.29 is 13.9 Å². The van der Waals surface area contributed by atoms with Gasteiger partial charge in [-0.3, -0.25) is 9.69 Å². The van der Waals surface area contributed by atoms with Gasteiger partial charge in [-0.2, -0.15) is 0 Å². The van der Waals surface area contributed by atoms with Crippen LogP contribution >= 0.6 is 23.6 Å². The number of rotatable bonds is 10. The molecule has 0 atom stereocenters. The molecular formula is C22H29FN4O2S2. The highest BCUT2D eigenvalue weighted by atomic mass is 32.1. The van der Waals surface area contributed by atoms with Crippen LogP contribution in [0.1, 0.15) is 16.9 Å². The van der Waals surface area contributed by atoms with Crippen molar-refractivity contribution in [1.29, 1.82) is 0 Å². The molecule has 2 aromatic rings. The summed E-state index contributed by atoms with van der Waals surface area (Å²) in [6.45, 7) is 6.55. The molecule has 1 aliphatic heterocycles. The Morgan fingerprint density at radius 3 is 2.68 bits per heavy atom. The average molecular weight is 465 g/mol. The zero-order valence-electron chi connectivity index (χ0n) is 17.5. The van der Waals surface area contributed by atoms with Gasteiger partial charge in [0.05, 0.1) is 26.3 Å². The van der Waals surface area contributed by atoms with Crippen molar-refractivity contribution in [2.24, 2.45) is 0 Å². The number of morpholine rings is 1. The highest BCUT2D eigenvalue weighted by Crippen LogP contribution is 2.13. The molecule has 1 aliphatic rings. The third-order valence-electron chi connectivity index (χ3n) is 5.02. The Morgan fingerprint density at radius 2 is 1.97 bits per heavy atom. The van der Waals surface area contributed by atoms with E-state index in [1.165, 1.54) is 17.0 Å². The van der Waals surface area contributed by atoms with E-state index in [9.17, 15) is 9.18 Å². The van der Waals surface area contributed by atoms with Crippen LogP contribution in [0, 0.1) is 5.82 Å². The molecular weight excluding hydrogens is 435 g/mol. The molecule has 168 valence electrons. The van der Waals surface area contributed by atoms with Gasteiger partial charge in [0.15, 0.2) is 5.11 Å². The van der Waals surface area contributed by atoms with Crippen LogP contribution in [-0.4, -0.2) is 66.8 Å². The molecule has 3 rings (SSSR count). The lowest BCUT2D eigenvalue weighted by Gasteiger charge is -2.29. The predicted molar refractivity (Wildman–Crippen MR) is 125 cm³/mol. The maximum Gasteiger partial charge on any atom is 0.239 e. The number of carbonyl (C=O) groups excluding carboxylic acids is 1. The second-order valence-corrected chi connectivity index (χ2v) is 8.79. The first kappa shape index (κ1) is 23.6. The molecule has 0 saturated carbocycles. The number of thiophene rings is 1. The summed E-state index contributed by atoms with van der Waals surface area (Å²) in [5, 5.41) is 8.54. The third-order valence-corrected chi connectivity index (χ3v) is 6.29. The highest BCUT2D eigenvalue weighted by molar-refractivity contribution is 7.80. The quantitative estimate of drug-likeness (QED) is 0.527. The van der Waals surface area contributed by atoms with Gasteiger partial charge in [-0.15, -0.1) is 11.3 Å². The largest absolute Gasteiger partial charge is 0.379 e. The van der Waals surface area contributed by atoms with Crippen molar-refractivity contribution in [3.05, 3.63) is 58.0 Å². The van der Waals surface area contributed by atoms with E-state index in [1.807, 2.05) is 6.07 Å². The normalized spacial score (nSPS) is 14.2. The van der Waals surface area contributed by atoms with Crippen LogP contribution in [-0.2, 0) is 22.6 Å². The summed E-state index contributed by atoms with van der Waals surface area (Å²) in [4.78, 5) is 18.0. The van der Waals surface area contributed by atoms with Gasteiger partial charge in [0.25, 0.3) is 0 Å². The monoisotopic (exact) mass is 464 g/mol. The molecule has 31 heavy (non-hydrogen) atoms. The Morgan fingerprint density at radius 1 is 1.19 bits per heavy atom. The average Bonchev–Trinajstić information content (AvgIpc) is 3.30. The molecule has 1 saturated heterocycles. The molecule has 0 aliphatic carbocycles. The fraction of sp³-hybridized carbons (Fsp3) is 0.455. The number of ether oxygens (including phenoxy) is 1. The maximum absolute atomic E-state index is 13.0. The van der Waals surface area contributed by atoms with Crippen LogP contribution in [0.15, 0.2) is 41.8 Å². The minimum absolute atomic E-state index is 0.102. The topological polar surface area (TPSA) is 56.8 Å². The van der Waals surface area contributed by atoms with Gasteiger partial charge < -0.3 is 20.3 Å². The van der Waals surface area contributed by atoms with Crippen molar-refractivity contribution in [3.8, 4) is 0 Å². The first-order valence-corrected chi connectivity index (χ1v) is 11.8. The Bertz CT molecular complexity index is 811. The Hall–Kier alpha value is -2.07. The molecule has 0 radical (unpaired) electrons. The number of thiocarbonyl (C=S) groups is 1. The molecule has 2 heterocycles. The molecule has 0 spiro atoms. The van der Waals surface area contributed by atoms with E-state index in [0.717, 1.165) is 57.9 Å². The van der Waals surface area contributed by atoms with E-state index >= 15 is 0 Å². The number of nitrogens with one attached hydrogen (secondary N) is 2. The smallest absolute Gasteiger partial charge is 0.239 e. The van der Waals surface area contributed by atoms with Gasteiger partial charge in [-0.05, 0) is 47.8 Å². The van der Waals surface area contributed by atoms with E-state index in [1.54, 1.807) is 23.5 Å². The molecule has 1 fully saturated rings. The molecule has 1 amide bonds. The molecule has 0 bridgehead atoms. The molecule has 6 nitrogen and oxygen atoms in total. The van der Waals surface area contributed by atoms with Gasteiger partial charge in [-0.25, -0.2) is 4.39 Å². The van der Waals surface area contributed by atoms with Gasteiger partial charge in [-0.1, -0.05) is 18.2 Å². The van der Waals surface area contributed by atoms with E-state index < -0.39 is 0 Å². The molecule has 0 unspecified atom stereocenters. The van der Waals surface area contributed by atoms with Crippen molar-refractivity contribution >= 4 is 34.6 Å². The second-order valence-electron chi connectivity index (χ2n) is 7.37. The van der Waals surface area contributed by atoms with Crippen molar-refractivity contribution in [2.75, 3.05) is 45.9 Å². The second kappa shape index (κ2) is 12.7. The van der Waals surface area contributed by atoms with Gasteiger partial charge in [0.2, 0.25) is 5.91 Å². The van der Waals surface area contributed by atoms with Gasteiger partial charge in [0.1, 0.15) is 5.82 Å². The summed E-state index contributed by atoms with van der Waals surface area (Å²) in [5.41, 5.74) is 0.847. The lowest BCUT2D eigenvalue weighted by molar-refractivity contribution is -0.120. The molecule has 1 aromatic carbocycles. The summed E-state index contributed by atoms with van der Waals surface area (Å²) in [6, 6.07) is 10.2. The summed E-state index contributed by atoms with van der Waals surface area (Å²) < 4.78 is 18.4. The van der Waals surface area contributed by atoms with Crippen LogP contribution in [0.4, 0.5) is 4.39 Å². The molecule has 2 N–H and O–H groups in total. The van der Waals surface area contributed by atoms with Crippen molar-refractivity contribution in [3.63, 3.8) is 0 Å². The number of amides is 1. The van der Waals surface area contributed by atoms with Gasteiger partial charge >= 0.3 is 0 Å². The van der Waals surface area contributed by atoms with E-state index in [-0.39, 0.29) is 18.3 Å². The molecule has 9 heteroatoms. The number of hydrogen-bond donors (Lipinski definition) is 2. The summed E-state index contributed by atoms with van der Waals surface area (Å²) in [6.07, 6.45) is 0.990. The highest BCUT2D eigenvalue weighted by Gasteiger charge is 2.14. The Kier molecular flexibility index (Phi) is 9.67. The van der Waals surface area contributed by atoms with E-state index in [0.29, 0.717) is 11.7 Å². The minimum Gasteiger partial charge on any atom is -0.379 e. The third kappa shape index (κ3) is 8.53. The maximum atomic E-state index is 13.0. The van der Waals surface area contributed by atoms with Crippen LogP contribution in [0.2, 0.25) is 0 Å². The fourth-order valence-electron chi connectivity index (χ4n) is 3.29. The standard InChI is InChI=1S/C22H29FN4O2S2/c23-19-6-4-18(5-7-19)15-24-21(28)16-25-22(30)27(17-20-3-1-14-31-20)9-2-8-26-10-12-29-13-11-26/h1,3-7,14H,2,8-13,15-17H2,(H,24,28)(H,25,30). The van der Waals surface area contributed by atoms with Crippen LogP contribution < -0.4 is 10.6 Å². The van der Waals surface area contributed by atoms with Crippen LogP contribution in [0.3, 0.4) is 0 Å². The van der Waals surface area contributed by atoms with E-state index in [2.05, 4.69) is 31.9 Å². The van der Waals surface area contributed by atoms with Gasteiger partial charge in [0, 0.05) is 37.6 Å². The number of nitrogens with zero attached hydrogens (tertiary/aromatic N) is 2. The minimum atomic E-state index is -0.290. The van der Waals surface area contributed by atoms with Crippen molar-refractivity contribution in [1.82, 2.24) is 20.4 Å². The number of carbonyl (C=O) groups is 1. The first-order chi connectivity index (χ1) is 15.1. The lowest BCUT2D eigenvalue weighted by Crippen LogP contribution is -2.45. The summed E-state index contributed by atoms with van der Waals surface area (Å²) in [7, 11) is 0. The van der Waals surface area contributed by atoms with Crippen molar-refractivity contribution in [2.45, 2.75) is 19.5 Å². The zero-order valence-corrected chi connectivity index (χ0v) is 19.2. The SMILES string of the molecule is O=C(CNC(=S)N(CCCN1CCOCC1)Cc1cccs1)NCc1ccc(F)cc1. The summed E-state index contributed by atoms with van der Waals surface area (Å²) in [5.74, 6) is -0.447. The number of benzene rings is 1. The summed E-state index contributed by atoms with van der Waals surface area (Å²) >= 11 is 7.29. The Balaban J connectivity index is 1.43.